The van der Waals surface area contributed by atoms with Crippen molar-refractivity contribution >= 4 is 0 Å². The van der Waals surface area contributed by atoms with Gasteiger partial charge in [0.25, 0.3) is 0 Å². The van der Waals surface area contributed by atoms with E-state index in [2.05, 4.69) is 10.6 Å². The van der Waals surface area contributed by atoms with Gasteiger partial charge in [-0.1, -0.05) is 12.1 Å². The Bertz CT molecular complexity index is 598. The summed E-state index contributed by atoms with van der Waals surface area (Å²) in [5.41, 5.74) is 0.956. The fourth-order valence-electron chi connectivity index (χ4n) is 1.89. The number of rotatable bonds is 10. The molecular formula is C17H22N4O3. The lowest BCUT2D eigenvalue weighted by atomic mass is 10.2. The van der Waals surface area contributed by atoms with Crippen LogP contribution in [0.1, 0.15) is 12.5 Å². The van der Waals surface area contributed by atoms with E-state index in [1.165, 1.54) is 0 Å². The predicted molar refractivity (Wildman–Crippen MR) is 88.6 cm³/mol. The van der Waals surface area contributed by atoms with Crippen LogP contribution in [-0.4, -0.2) is 38.0 Å². The van der Waals surface area contributed by atoms with E-state index in [0.29, 0.717) is 19.0 Å². The average Bonchev–Trinajstić information content (AvgIpc) is 2.61. The summed E-state index contributed by atoms with van der Waals surface area (Å²) >= 11 is 0. The van der Waals surface area contributed by atoms with Gasteiger partial charge in [0.05, 0.1) is 26.9 Å². The Morgan fingerprint density at radius 2 is 1.92 bits per heavy atom. The van der Waals surface area contributed by atoms with Crippen molar-refractivity contribution in [3.8, 4) is 17.9 Å². The number of nitrogens with zero attached hydrogens (tertiary/aromatic N) is 2. The second-order valence-electron chi connectivity index (χ2n) is 5.03. The zero-order valence-electron chi connectivity index (χ0n) is 13.9. The molecule has 0 spiro atoms. The van der Waals surface area contributed by atoms with Crippen LogP contribution in [0.15, 0.2) is 35.7 Å². The first-order valence-electron chi connectivity index (χ1n) is 7.51. The summed E-state index contributed by atoms with van der Waals surface area (Å²) < 4.78 is 10.7. The molecule has 0 bridgehead atoms. The summed E-state index contributed by atoms with van der Waals surface area (Å²) in [4.78, 5) is 0. The number of aliphatic hydroxyl groups is 1. The second kappa shape index (κ2) is 10.9. The van der Waals surface area contributed by atoms with Crippen molar-refractivity contribution in [2.24, 2.45) is 0 Å². The molecule has 0 heterocycles. The van der Waals surface area contributed by atoms with Crippen LogP contribution in [0, 0.1) is 22.7 Å². The normalized spacial score (nSPS) is 10.9. The highest BCUT2D eigenvalue weighted by molar-refractivity contribution is 5.39. The van der Waals surface area contributed by atoms with Gasteiger partial charge in [-0.2, -0.15) is 10.5 Å². The maximum atomic E-state index is 8.96. The summed E-state index contributed by atoms with van der Waals surface area (Å²) in [5, 5.41) is 32.6. The smallest absolute Gasteiger partial charge is 0.169 e. The van der Waals surface area contributed by atoms with E-state index < -0.39 is 0 Å². The minimum atomic E-state index is -0.124. The zero-order valence-corrected chi connectivity index (χ0v) is 13.9. The van der Waals surface area contributed by atoms with Crippen molar-refractivity contribution in [2.45, 2.75) is 19.6 Å². The molecule has 1 rings (SSSR count). The molecule has 0 aliphatic heterocycles. The summed E-state index contributed by atoms with van der Waals surface area (Å²) in [7, 11) is 1.62. The lowest BCUT2D eigenvalue weighted by Gasteiger charge is -2.19. The third-order valence-electron chi connectivity index (χ3n) is 3.07. The maximum absolute atomic E-state index is 8.96. The molecular weight excluding hydrogens is 308 g/mol. The summed E-state index contributed by atoms with van der Waals surface area (Å²) in [6.45, 7) is 2.86. The van der Waals surface area contributed by atoms with Gasteiger partial charge in [-0.15, -0.1) is 0 Å². The third kappa shape index (κ3) is 6.57. The van der Waals surface area contributed by atoms with Crippen molar-refractivity contribution in [1.82, 2.24) is 10.6 Å². The van der Waals surface area contributed by atoms with Crippen molar-refractivity contribution in [3.05, 3.63) is 41.2 Å². The van der Waals surface area contributed by atoms with E-state index in [-0.39, 0.29) is 24.8 Å². The molecule has 3 N–H and O–H groups in total. The minimum Gasteiger partial charge on any atom is -0.497 e. The second-order valence-corrected chi connectivity index (χ2v) is 5.03. The minimum absolute atomic E-state index is 0.0644. The van der Waals surface area contributed by atoms with E-state index in [1.54, 1.807) is 7.11 Å². The number of aliphatic hydroxyl groups excluding tert-OH is 1. The SMILES string of the molecule is COc1ccc(COCC(C)NC(NCCO)=C(C#N)C#N)cc1. The highest BCUT2D eigenvalue weighted by Gasteiger charge is 2.10. The molecule has 7 nitrogen and oxygen atoms in total. The van der Waals surface area contributed by atoms with E-state index >= 15 is 0 Å². The molecule has 0 fully saturated rings. The van der Waals surface area contributed by atoms with Gasteiger partial charge in [-0.25, -0.2) is 0 Å². The summed E-state index contributed by atoms with van der Waals surface area (Å²) in [6, 6.07) is 11.1. The highest BCUT2D eigenvalue weighted by Crippen LogP contribution is 2.12. The largest absolute Gasteiger partial charge is 0.497 e. The van der Waals surface area contributed by atoms with E-state index in [0.717, 1.165) is 11.3 Å². The van der Waals surface area contributed by atoms with E-state index in [1.807, 2.05) is 43.3 Å². The van der Waals surface area contributed by atoms with Crippen LogP contribution >= 0.6 is 0 Å². The molecule has 1 aromatic carbocycles. The number of methoxy groups -OCH3 is 1. The average molecular weight is 330 g/mol. The van der Waals surface area contributed by atoms with Crippen molar-refractivity contribution < 1.29 is 14.6 Å². The molecule has 0 saturated heterocycles. The van der Waals surface area contributed by atoms with Crippen LogP contribution < -0.4 is 15.4 Å². The molecule has 1 aromatic rings. The quantitative estimate of drug-likeness (QED) is 0.550. The lowest BCUT2D eigenvalue weighted by molar-refractivity contribution is 0.104. The van der Waals surface area contributed by atoms with Crippen molar-refractivity contribution in [3.63, 3.8) is 0 Å². The first-order chi connectivity index (χ1) is 11.6. The Hall–Kier alpha value is -2.74. The molecule has 128 valence electrons. The van der Waals surface area contributed by atoms with Gasteiger partial charge >= 0.3 is 0 Å². The first-order valence-corrected chi connectivity index (χ1v) is 7.51. The van der Waals surface area contributed by atoms with Gasteiger partial charge in [0.15, 0.2) is 5.57 Å². The van der Waals surface area contributed by atoms with Gasteiger partial charge in [0.1, 0.15) is 23.7 Å². The molecule has 0 saturated carbocycles. The van der Waals surface area contributed by atoms with Crippen LogP contribution in [0.2, 0.25) is 0 Å². The Kier molecular flexibility index (Phi) is 8.77. The summed E-state index contributed by atoms with van der Waals surface area (Å²) in [5.74, 6) is 1.09. The molecule has 0 amide bonds. The van der Waals surface area contributed by atoms with Crippen molar-refractivity contribution in [2.75, 3.05) is 26.9 Å². The van der Waals surface area contributed by atoms with Gasteiger partial charge in [-0.05, 0) is 24.6 Å². The standard InChI is InChI=1S/C17H22N4O3/c1-13(21-17(20-7-8-22)15(9-18)10-19)11-24-12-14-3-5-16(23-2)6-4-14/h3-6,13,20-22H,7-8,11-12H2,1-2H3. The van der Waals surface area contributed by atoms with E-state index in [4.69, 9.17) is 25.1 Å². The molecule has 24 heavy (non-hydrogen) atoms. The number of allylic oxidation sites excluding steroid dienone is 1. The molecule has 1 unspecified atom stereocenters. The number of benzene rings is 1. The Balaban J connectivity index is 2.50. The molecule has 1 atom stereocenters. The fourth-order valence-corrected chi connectivity index (χ4v) is 1.89. The Labute approximate surface area is 142 Å². The molecule has 0 radical (unpaired) electrons. The highest BCUT2D eigenvalue weighted by atomic mass is 16.5. The fraction of sp³-hybridized carbons (Fsp3) is 0.412. The molecule has 0 aliphatic rings. The van der Waals surface area contributed by atoms with Gasteiger partial charge in [0, 0.05) is 12.6 Å². The number of hydrogen-bond acceptors (Lipinski definition) is 7. The lowest BCUT2D eigenvalue weighted by Crippen LogP contribution is -2.37. The Morgan fingerprint density at radius 1 is 1.25 bits per heavy atom. The zero-order chi connectivity index (χ0) is 17.8. The topological polar surface area (TPSA) is 110 Å². The molecule has 0 aliphatic carbocycles. The van der Waals surface area contributed by atoms with Crippen LogP contribution in [0.5, 0.6) is 5.75 Å². The predicted octanol–water partition coefficient (Wildman–Crippen LogP) is 1.03. The van der Waals surface area contributed by atoms with Crippen LogP contribution in [0.25, 0.3) is 0 Å². The van der Waals surface area contributed by atoms with Gasteiger partial charge in [0.2, 0.25) is 0 Å². The van der Waals surface area contributed by atoms with Gasteiger partial charge in [-0.3, -0.25) is 0 Å². The van der Waals surface area contributed by atoms with Crippen LogP contribution in [-0.2, 0) is 11.3 Å². The number of nitriles is 2. The van der Waals surface area contributed by atoms with Crippen LogP contribution in [0.3, 0.4) is 0 Å². The van der Waals surface area contributed by atoms with E-state index in [9.17, 15) is 0 Å². The molecule has 7 heteroatoms. The molecule has 0 aromatic heterocycles. The van der Waals surface area contributed by atoms with Gasteiger partial charge < -0.3 is 25.2 Å². The number of ether oxygens (including phenoxy) is 2. The summed E-state index contributed by atoms with van der Waals surface area (Å²) in [6.07, 6.45) is 0. The third-order valence-corrected chi connectivity index (χ3v) is 3.07. The first kappa shape index (κ1) is 19.3. The maximum Gasteiger partial charge on any atom is 0.169 e. The number of nitrogens with one attached hydrogen (secondary N) is 2. The Morgan fingerprint density at radius 3 is 2.46 bits per heavy atom. The van der Waals surface area contributed by atoms with Crippen molar-refractivity contribution in [1.29, 1.82) is 10.5 Å². The van der Waals surface area contributed by atoms with Crippen LogP contribution in [0.4, 0.5) is 0 Å². The number of hydrogen-bond donors (Lipinski definition) is 3. The monoisotopic (exact) mass is 330 g/mol.